The maximum absolute atomic E-state index is 12.4. The lowest BCUT2D eigenvalue weighted by molar-refractivity contribution is -0.125. The molecule has 11 heteroatoms. The number of anilines is 1. The molecule has 0 bridgehead atoms. The lowest BCUT2D eigenvalue weighted by Gasteiger charge is -2.30. The topological polar surface area (TPSA) is 127 Å². The van der Waals surface area contributed by atoms with Crippen LogP contribution in [0.1, 0.15) is 18.4 Å². The highest BCUT2D eigenvalue weighted by molar-refractivity contribution is 8.00. The van der Waals surface area contributed by atoms with E-state index in [1.807, 2.05) is 24.3 Å². The van der Waals surface area contributed by atoms with Gasteiger partial charge < -0.3 is 30.2 Å². The Balaban J connectivity index is 1.21. The molecule has 2 aromatic rings. The Labute approximate surface area is 207 Å². The van der Waals surface area contributed by atoms with Crippen molar-refractivity contribution in [1.29, 1.82) is 0 Å². The number of ether oxygens (including phenoxy) is 3. The van der Waals surface area contributed by atoms with Crippen molar-refractivity contribution < 1.29 is 28.6 Å². The highest BCUT2D eigenvalue weighted by Gasteiger charge is 2.28. The summed E-state index contributed by atoms with van der Waals surface area (Å²) in [5.41, 5.74) is 1.05. The van der Waals surface area contributed by atoms with Gasteiger partial charge in [-0.05, 0) is 29.8 Å². The minimum absolute atomic E-state index is 0.112. The first-order valence-electron chi connectivity index (χ1n) is 11.2. The van der Waals surface area contributed by atoms with Crippen molar-refractivity contribution in [2.24, 2.45) is 0 Å². The molecule has 0 saturated carbocycles. The van der Waals surface area contributed by atoms with E-state index in [1.165, 1.54) is 11.8 Å². The van der Waals surface area contributed by atoms with E-state index in [4.69, 9.17) is 14.2 Å². The fourth-order valence-corrected chi connectivity index (χ4v) is 4.61. The second-order valence-electron chi connectivity index (χ2n) is 8.07. The fraction of sp³-hybridized carbons (Fsp3) is 0.375. The molecular formula is C24H28N4O6S. The summed E-state index contributed by atoms with van der Waals surface area (Å²) in [4.78, 5) is 37.0. The molecule has 186 valence electrons. The van der Waals surface area contributed by atoms with E-state index in [2.05, 4.69) is 21.3 Å². The van der Waals surface area contributed by atoms with Crippen LogP contribution in [0.3, 0.4) is 0 Å². The standard InChI is InChI=1S/C24H28N4O6S/c1-32-18-4-2-3-15(9-18)13-25-21(29)11-17-12-22(30)28-24(27-17)35-14-23(31)26-16-5-6-19-20(10-16)34-8-7-33-19/h2-6,9-10,17,24,27H,7-8,11-14H2,1H3,(H,25,29)(H,26,31)(H,28,30). The van der Waals surface area contributed by atoms with Crippen molar-refractivity contribution in [2.75, 3.05) is 31.4 Å². The van der Waals surface area contributed by atoms with Gasteiger partial charge in [-0.1, -0.05) is 12.1 Å². The molecule has 10 nitrogen and oxygen atoms in total. The number of carbonyl (C=O) groups is 3. The van der Waals surface area contributed by atoms with Crippen LogP contribution in [0.25, 0.3) is 0 Å². The number of methoxy groups -OCH3 is 1. The zero-order chi connectivity index (χ0) is 24.6. The molecule has 1 fully saturated rings. The number of nitrogens with one attached hydrogen (secondary N) is 4. The van der Waals surface area contributed by atoms with Crippen molar-refractivity contribution in [2.45, 2.75) is 30.9 Å². The average Bonchev–Trinajstić information content (AvgIpc) is 2.86. The van der Waals surface area contributed by atoms with Crippen LogP contribution in [0, 0.1) is 0 Å². The Morgan fingerprint density at radius 1 is 1.11 bits per heavy atom. The number of rotatable bonds is 9. The van der Waals surface area contributed by atoms with Crippen LogP contribution in [0.5, 0.6) is 17.2 Å². The van der Waals surface area contributed by atoms with Crippen molar-refractivity contribution in [3.8, 4) is 17.2 Å². The van der Waals surface area contributed by atoms with E-state index >= 15 is 0 Å². The molecular weight excluding hydrogens is 472 g/mol. The van der Waals surface area contributed by atoms with Crippen molar-refractivity contribution in [3.63, 3.8) is 0 Å². The zero-order valence-corrected chi connectivity index (χ0v) is 20.1. The SMILES string of the molecule is COc1cccc(CNC(=O)CC2CC(=O)NC(SCC(=O)Nc3ccc4c(c3)OCCO4)N2)c1. The number of hydrogen-bond acceptors (Lipinski definition) is 8. The zero-order valence-electron chi connectivity index (χ0n) is 19.3. The second kappa shape index (κ2) is 11.8. The molecule has 2 unspecified atom stereocenters. The van der Waals surface area contributed by atoms with Gasteiger partial charge in [0.1, 0.15) is 24.5 Å². The summed E-state index contributed by atoms with van der Waals surface area (Å²) in [6, 6.07) is 12.3. The highest BCUT2D eigenvalue weighted by Crippen LogP contribution is 2.32. The minimum atomic E-state index is -0.474. The highest BCUT2D eigenvalue weighted by atomic mass is 32.2. The summed E-state index contributed by atoms with van der Waals surface area (Å²) in [7, 11) is 1.59. The summed E-state index contributed by atoms with van der Waals surface area (Å²) in [6.07, 6.45) is 0.338. The molecule has 0 aliphatic carbocycles. The third kappa shape index (κ3) is 7.27. The molecule has 35 heavy (non-hydrogen) atoms. The third-order valence-electron chi connectivity index (χ3n) is 5.37. The van der Waals surface area contributed by atoms with Crippen LogP contribution < -0.4 is 35.5 Å². The molecule has 2 atom stereocenters. The third-order valence-corrected chi connectivity index (χ3v) is 6.39. The molecule has 2 aromatic carbocycles. The van der Waals surface area contributed by atoms with Gasteiger partial charge in [-0.2, -0.15) is 0 Å². The second-order valence-corrected chi connectivity index (χ2v) is 9.16. The van der Waals surface area contributed by atoms with E-state index in [0.29, 0.717) is 36.9 Å². The molecule has 4 rings (SSSR count). The van der Waals surface area contributed by atoms with Gasteiger partial charge in [-0.25, -0.2) is 0 Å². The molecule has 0 aromatic heterocycles. The summed E-state index contributed by atoms with van der Waals surface area (Å²) in [5, 5.41) is 11.7. The van der Waals surface area contributed by atoms with E-state index < -0.39 is 5.50 Å². The number of benzene rings is 2. The largest absolute Gasteiger partial charge is 0.497 e. The summed E-state index contributed by atoms with van der Waals surface area (Å²) >= 11 is 1.25. The molecule has 2 aliphatic heterocycles. The van der Waals surface area contributed by atoms with Crippen LogP contribution in [0.2, 0.25) is 0 Å². The Hall–Kier alpha value is -3.44. The molecule has 3 amide bonds. The first kappa shape index (κ1) is 24.7. The van der Waals surface area contributed by atoms with Crippen LogP contribution in [-0.4, -0.2) is 55.3 Å². The fourth-order valence-electron chi connectivity index (χ4n) is 3.72. The van der Waals surface area contributed by atoms with Crippen molar-refractivity contribution in [1.82, 2.24) is 16.0 Å². The molecule has 1 saturated heterocycles. The maximum Gasteiger partial charge on any atom is 0.234 e. The minimum Gasteiger partial charge on any atom is -0.497 e. The monoisotopic (exact) mass is 500 g/mol. The Morgan fingerprint density at radius 3 is 2.77 bits per heavy atom. The average molecular weight is 501 g/mol. The van der Waals surface area contributed by atoms with Crippen LogP contribution in [0.15, 0.2) is 42.5 Å². The quantitative estimate of drug-likeness (QED) is 0.409. The van der Waals surface area contributed by atoms with Gasteiger partial charge in [0.2, 0.25) is 17.7 Å². The first-order valence-corrected chi connectivity index (χ1v) is 12.3. The first-order chi connectivity index (χ1) is 17.0. The van der Waals surface area contributed by atoms with E-state index in [9.17, 15) is 14.4 Å². The van der Waals surface area contributed by atoms with Crippen molar-refractivity contribution >= 4 is 35.2 Å². The van der Waals surface area contributed by atoms with E-state index in [1.54, 1.807) is 25.3 Å². The van der Waals surface area contributed by atoms with Gasteiger partial charge >= 0.3 is 0 Å². The molecule has 2 aliphatic rings. The normalized spacial score (nSPS) is 18.8. The van der Waals surface area contributed by atoms with Crippen molar-refractivity contribution in [3.05, 3.63) is 48.0 Å². The maximum atomic E-state index is 12.4. The van der Waals surface area contributed by atoms with Gasteiger partial charge in [0.25, 0.3) is 0 Å². The van der Waals surface area contributed by atoms with Gasteiger partial charge in [0, 0.05) is 37.2 Å². The van der Waals surface area contributed by atoms with E-state index in [0.717, 1.165) is 11.3 Å². The van der Waals surface area contributed by atoms with Crippen LogP contribution in [0.4, 0.5) is 5.69 Å². The predicted molar refractivity (Wildman–Crippen MR) is 131 cm³/mol. The number of thioether (sulfide) groups is 1. The molecule has 0 radical (unpaired) electrons. The summed E-state index contributed by atoms with van der Waals surface area (Å²) < 4.78 is 16.2. The lowest BCUT2D eigenvalue weighted by Crippen LogP contribution is -2.56. The van der Waals surface area contributed by atoms with E-state index in [-0.39, 0.29) is 42.4 Å². The molecule has 0 spiro atoms. The van der Waals surface area contributed by atoms with Gasteiger partial charge in [0.15, 0.2) is 11.5 Å². The summed E-state index contributed by atoms with van der Waals surface area (Å²) in [5.74, 6) is 1.52. The van der Waals surface area contributed by atoms with Crippen LogP contribution >= 0.6 is 11.8 Å². The summed E-state index contributed by atoms with van der Waals surface area (Å²) in [6.45, 7) is 1.33. The number of amides is 3. The number of carbonyl (C=O) groups excluding carboxylic acids is 3. The van der Waals surface area contributed by atoms with Gasteiger partial charge in [-0.15, -0.1) is 11.8 Å². The number of fused-ring (bicyclic) bond motifs is 1. The number of hydrogen-bond donors (Lipinski definition) is 4. The Bertz CT molecular complexity index is 1080. The molecule has 4 N–H and O–H groups in total. The predicted octanol–water partition coefficient (Wildman–Crippen LogP) is 1.61. The lowest BCUT2D eigenvalue weighted by atomic mass is 10.1. The van der Waals surface area contributed by atoms with Gasteiger partial charge in [0.05, 0.1) is 12.9 Å². The van der Waals surface area contributed by atoms with Crippen LogP contribution in [-0.2, 0) is 20.9 Å². The van der Waals surface area contributed by atoms with Gasteiger partial charge in [-0.3, -0.25) is 19.7 Å². The molecule has 2 heterocycles. The Kier molecular flexibility index (Phi) is 8.32. The smallest absolute Gasteiger partial charge is 0.234 e. The Morgan fingerprint density at radius 2 is 1.94 bits per heavy atom.